The van der Waals surface area contributed by atoms with Gasteiger partial charge < -0.3 is 24.6 Å². The minimum atomic E-state index is -0.985. The molecule has 0 unspecified atom stereocenters. The minimum absolute atomic E-state index is 0.191. The maximum Gasteiger partial charge on any atom is 0.333 e. The number of carboxylic acids is 1. The smallest absolute Gasteiger partial charge is 0.333 e. The van der Waals surface area contributed by atoms with Gasteiger partial charge in [-0.15, -0.1) is 0 Å². The molecule has 0 aliphatic carbocycles. The summed E-state index contributed by atoms with van der Waals surface area (Å²) in [6.45, 7) is 2.64. The van der Waals surface area contributed by atoms with E-state index < -0.39 is 5.97 Å². The number of halogens is 1. The van der Waals surface area contributed by atoms with Gasteiger partial charge in [0.15, 0.2) is 0 Å². The normalized spacial score (nSPS) is 18.7. The van der Waals surface area contributed by atoms with Crippen LogP contribution in [0, 0.1) is 0 Å². The first-order valence-corrected chi connectivity index (χ1v) is 7.95. The topological polar surface area (TPSA) is 85.9 Å². The molecule has 2 N–H and O–H groups in total. The van der Waals surface area contributed by atoms with Crippen molar-refractivity contribution in [1.82, 2.24) is 9.88 Å². The van der Waals surface area contributed by atoms with Crippen LogP contribution in [0.5, 0.6) is 0 Å². The number of ether oxygens (including phenoxy) is 1. The number of aromatic nitrogens is 1. The first-order chi connectivity index (χ1) is 11.5. The SMILES string of the molecule is CN1CC(C(=O)O)=CC(c2c[nH]c(=O)c(N3CCOCC3)c2)=C1Cl. The number of likely N-dealkylation sites (N-methyl/N-ethyl adjacent to an activating group) is 1. The Morgan fingerprint density at radius 2 is 2.08 bits per heavy atom. The number of hydrogen-bond donors (Lipinski definition) is 2. The zero-order valence-corrected chi connectivity index (χ0v) is 14.0. The summed E-state index contributed by atoms with van der Waals surface area (Å²) in [5.74, 6) is -0.985. The Hall–Kier alpha value is -2.25. The Morgan fingerprint density at radius 1 is 1.38 bits per heavy atom. The van der Waals surface area contributed by atoms with E-state index in [0.717, 1.165) is 0 Å². The van der Waals surface area contributed by atoms with Gasteiger partial charge in [-0.05, 0) is 12.1 Å². The van der Waals surface area contributed by atoms with Gasteiger partial charge in [-0.2, -0.15) is 0 Å². The second-order valence-corrected chi connectivity index (χ2v) is 6.10. The Bertz CT molecular complexity index is 778. The maximum absolute atomic E-state index is 12.2. The third kappa shape index (κ3) is 3.18. The van der Waals surface area contributed by atoms with Crippen LogP contribution in [0.3, 0.4) is 0 Å². The van der Waals surface area contributed by atoms with Gasteiger partial charge in [0.25, 0.3) is 5.56 Å². The number of carbonyl (C=O) groups is 1. The van der Waals surface area contributed by atoms with Crippen molar-refractivity contribution in [1.29, 1.82) is 0 Å². The molecule has 1 fully saturated rings. The molecule has 1 saturated heterocycles. The van der Waals surface area contributed by atoms with E-state index in [9.17, 15) is 14.7 Å². The van der Waals surface area contributed by atoms with Crippen LogP contribution in [0.15, 0.2) is 33.9 Å². The Morgan fingerprint density at radius 3 is 2.75 bits per heavy atom. The molecule has 0 saturated carbocycles. The molecule has 1 aromatic heterocycles. The lowest BCUT2D eigenvalue weighted by atomic mass is 10.0. The van der Waals surface area contributed by atoms with Gasteiger partial charge in [-0.3, -0.25) is 4.79 Å². The molecule has 1 aromatic rings. The van der Waals surface area contributed by atoms with Gasteiger partial charge >= 0.3 is 5.97 Å². The van der Waals surface area contributed by atoms with Crippen LogP contribution in [-0.4, -0.2) is 60.9 Å². The van der Waals surface area contributed by atoms with Crippen molar-refractivity contribution in [3.63, 3.8) is 0 Å². The molecular formula is C16H18ClN3O4. The molecule has 0 radical (unpaired) electrons. The van der Waals surface area contributed by atoms with Crippen LogP contribution >= 0.6 is 11.6 Å². The highest BCUT2D eigenvalue weighted by atomic mass is 35.5. The van der Waals surface area contributed by atoms with E-state index >= 15 is 0 Å². The van der Waals surface area contributed by atoms with Gasteiger partial charge in [-0.1, -0.05) is 11.6 Å². The van der Waals surface area contributed by atoms with Crippen molar-refractivity contribution in [2.24, 2.45) is 0 Å². The molecule has 2 aliphatic rings. The number of nitrogens with zero attached hydrogens (tertiary/aromatic N) is 2. The van der Waals surface area contributed by atoms with Crippen molar-refractivity contribution in [2.75, 3.05) is 44.8 Å². The summed E-state index contributed by atoms with van der Waals surface area (Å²) in [5, 5.41) is 9.71. The van der Waals surface area contributed by atoms with E-state index in [4.69, 9.17) is 16.3 Å². The Balaban J connectivity index is 2.04. The van der Waals surface area contributed by atoms with Crippen molar-refractivity contribution in [2.45, 2.75) is 0 Å². The summed E-state index contributed by atoms with van der Waals surface area (Å²) in [7, 11) is 1.73. The average molecular weight is 352 g/mol. The van der Waals surface area contributed by atoms with Crippen LogP contribution in [0.1, 0.15) is 5.56 Å². The molecule has 3 heterocycles. The molecule has 24 heavy (non-hydrogen) atoms. The molecule has 0 aromatic carbocycles. The fourth-order valence-electron chi connectivity index (χ4n) is 2.81. The van der Waals surface area contributed by atoms with E-state index in [1.165, 1.54) is 0 Å². The average Bonchev–Trinajstić information content (AvgIpc) is 2.58. The van der Waals surface area contributed by atoms with Gasteiger partial charge in [0.2, 0.25) is 0 Å². The third-order valence-corrected chi connectivity index (χ3v) is 4.60. The number of hydrogen-bond acceptors (Lipinski definition) is 5. The summed E-state index contributed by atoms with van der Waals surface area (Å²) in [6.07, 6.45) is 3.11. The number of nitrogens with one attached hydrogen (secondary N) is 1. The van der Waals surface area contributed by atoms with Crippen molar-refractivity contribution in [3.8, 4) is 0 Å². The number of morpholine rings is 1. The van der Waals surface area contributed by atoms with Gasteiger partial charge in [0.05, 0.1) is 25.3 Å². The fourth-order valence-corrected chi connectivity index (χ4v) is 3.03. The molecule has 0 atom stereocenters. The lowest BCUT2D eigenvalue weighted by molar-refractivity contribution is -0.132. The predicted octanol–water partition coefficient (Wildman–Crippen LogP) is 1.08. The van der Waals surface area contributed by atoms with E-state index in [1.54, 1.807) is 30.3 Å². The van der Waals surface area contributed by atoms with E-state index in [-0.39, 0.29) is 17.7 Å². The van der Waals surface area contributed by atoms with Crippen LogP contribution in [0.2, 0.25) is 0 Å². The molecule has 128 valence electrons. The molecule has 0 amide bonds. The molecule has 3 rings (SSSR count). The monoisotopic (exact) mass is 351 g/mol. The highest BCUT2D eigenvalue weighted by molar-refractivity contribution is 6.33. The summed E-state index contributed by atoms with van der Waals surface area (Å²) in [6, 6.07) is 1.75. The lowest BCUT2D eigenvalue weighted by Gasteiger charge is -2.29. The van der Waals surface area contributed by atoms with E-state index in [1.807, 2.05) is 4.90 Å². The molecular weight excluding hydrogens is 334 g/mol. The van der Waals surface area contributed by atoms with Gasteiger partial charge in [-0.25, -0.2) is 4.79 Å². The standard InChI is InChI=1S/C16H18ClN3O4/c1-19-9-11(16(22)23)6-12(14(19)17)10-7-13(15(21)18-8-10)20-2-4-24-5-3-20/h6-8H,2-5,9H2,1H3,(H,18,21)(H,22,23). The van der Waals surface area contributed by atoms with Crippen molar-refractivity contribution in [3.05, 3.63) is 45.0 Å². The molecule has 0 spiro atoms. The lowest BCUT2D eigenvalue weighted by Crippen LogP contribution is -2.39. The minimum Gasteiger partial charge on any atom is -0.478 e. The number of rotatable bonds is 3. The van der Waals surface area contributed by atoms with Crippen molar-refractivity contribution >= 4 is 28.8 Å². The summed E-state index contributed by atoms with van der Waals surface area (Å²) >= 11 is 6.36. The first kappa shape index (κ1) is 16.6. The van der Waals surface area contributed by atoms with E-state index in [2.05, 4.69) is 4.98 Å². The zero-order chi connectivity index (χ0) is 17.3. The number of pyridine rings is 1. The highest BCUT2D eigenvalue weighted by Crippen LogP contribution is 2.31. The summed E-state index contributed by atoms with van der Waals surface area (Å²) in [4.78, 5) is 29.8. The largest absolute Gasteiger partial charge is 0.478 e. The second-order valence-electron chi connectivity index (χ2n) is 5.74. The molecule has 2 aliphatic heterocycles. The van der Waals surface area contributed by atoms with Crippen LogP contribution in [-0.2, 0) is 9.53 Å². The van der Waals surface area contributed by atoms with Gasteiger partial charge in [0.1, 0.15) is 10.8 Å². The van der Waals surface area contributed by atoms with Gasteiger partial charge in [0, 0.05) is 37.5 Å². The number of allylic oxidation sites excluding steroid dienone is 2. The van der Waals surface area contributed by atoms with E-state index in [0.29, 0.717) is 48.3 Å². The summed E-state index contributed by atoms with van der Waals surface area (Å²) < 4.78 is 5.31. The van der Waals surface area contributed by atoms with Crippen LogP contribution in [0.4, 0.5) is 5.69 Å². The van der Waals surface area contributed by atoms with Crippen molar-refractivity contribution < 1.29 is 14.6 Å². The maximum atomic E-state index is 12.2. The highest BCUT2D eigenvalue weighted by Gasteiger charge is 2.23. The number of H-pyrrole nitrogens is 1. The fraction of sp³-hybridized carbons (Fsp3) is 0.375. The zero-order valence-electron chi connectivity index (χ0n) is 13.2. The van der Waals surface area contributed by atoms with Crippen LogP contribution < -0.4 is 10.5 Å². The first-order valence-electron chi connectivity index (χ1n) is 7.58. The number of carboxylic acid groups (broad SMARTS) is 1. The third-order valence-electron chi connectivity index (χ3n) is 4.10. The van der Waals surface area contributed by atoms with Crippen LogP contribution in [0.25, 0.3) is 5.57 Å². The Labute approximate surface area is 143 Å². The molecule has 0 bridgehead atoms. The Kier molecular flexibility index (Phi) is 4.64. The number of anilines is 1. The molecule has 7 nitrogen and oxygen atoms in total. The summed E-state index contributed by atoms with van der Waals surface area (Å²) in [5.41, 5.74) is 1.84. The second kappa shape index (κ2) is 6.70. The number of aromatic amines is 1. The number of aliphatic carboxylic acids is 1. The predicted molar refractivity (Wildman–Crippen MR) is 91.2 cm³/mol. The quantitative estimate of drug-likeness (QED) is 0.792. The molecule has 8 heteroatoms.